The smallest absolute Gasteiger partial charge is 0.274 e. The number of allylic oxidation sites excluding steroid dienone is 2. The van der Waals surface area contributed by atoms with Crippen LogP contribution in [0.15, 0.2) is 42.4 Å². The van der Waals surface area contributed by atoms with E-state index in [9.17, 15) is 0 Å². The number of nitrogens with one attached hydrogen (secondary N) is 1. The molecular formula is C11H11BN. The van der Waals surface area contributed by atoms with Crippen molar-refractivity contribution in [3.63, 3.8) is 0 Å². The van der Waals surface area contributed by atoms with Crippen molar-refractivity contribution in [1.82, 2.24) is 5.23 Å². The second kappa shape index (κ2) is 3.52. The quantitative estimate of drug-likeness (QED) is 0.633. The summed E-state index contributed by atoms with van der Waals surface area (Å²) in [6, 6.07) is 8.36. The maximum Gasteiger partial charge on any atom is 0.274 e. The molecule has 0 unspecified atom stereocenters. The van der Waals surface area contributed by atoms with E-state index < -0.39 is 0 Å². The highest BCUT2D eigenvalue weighted by molar-refractivity contribution is 6.42. The minimum Gasteiger partial charge on any atom is -0.428 e. The molecule has 63 valence electrons. The standard InChI is InChI=1S/C11H11BN/c1-9-5-2-3-6-10(9)11-7-4-8-12-13-11/h2-8,13H,1H3. The second-order valence-electron chi connectivity index (χ2n) is 3.09. The van der Waals surface area contributed by atoms with Crippen LogP contribution in [0, 0.1) is 6.92 Å². The molecule has 1 heterocycles. The van der Waals surface area contributed by atoms with E-state index in [1.807, 2.05) is 19.5 Å². The fraction of sp³-hybridized carbons (Fsp3) is 0.0909. The molecular weight excluding hydrogens is 157 g/mol. The highest BCUT2D eigenvalue weighted by Gasteiger charge is 2.04. The van der Waals surface area contributed by atoms with Gasteiger partial charge in [0.2, 0.25) is 0 Å². The first-order chi connectivity index (χ1) is 6.38. The highest BCUT2D eigenvalue weighted by atomic mass is 14.8. The Morgan fingerprint density at radius 3 is 2.77 bits per heavy atom. The molecule has 0 atom stereocenters. The van der Waals surface area contributed by atoms with Crippen LogP contribution in [-0.2, 0) is 0 Å². The van der Waals surface area contributed by atoms with Gasteiger partial charge in [0.15, 0.2) is 0 Å². The molecule has 1 radical (unpaired) electrons. The minimum absolute atomic E-state index is 1.17. The zero-order chi connectivity index (χ0) is 9.10. The molecule has 2 heteroatoms. The molecule has 0 saturated carbocycles. The molecule has 1 aliphatic heterocycles. The molecule has 1 aromatic rings. The van der Waals surface area contributed by atoms with E-state index in [4.69, 9.17) is 0 Å². The summed E-state index contributed by atoms with van der Waals surface area (Å²) in [7, 11) is 1.95. The van der Waals surface area contributed by atoms with Crippen LogP contribution in [0.4, 0.5) is 0 Å². The van der Waals surface area contributed by atoms with Gasteiger partial charge in [-0.05, 0) is 24.1 Å². The van der Waals surface area contributed by atoms with Crippen LogP contribution in [0.2, 0.25) is 0 Å². The van der Waals surface area contributed by atoms with E-state index in [0.717, 1.165) is 0 Å². The summed E-state index contributed by atoms with van der Waals surface area (Å²) in [5.41, 5.74) is 3.73. The molecule has 0 bridgehead atoms. The number of rotatable bonds is 1. The zero-order valence-corrected chi connectivity index (χ0v) is 7.62. The van der Waals surface area contributed by atoms with Crippen molar-refractivity contribution < 1.29 is 0 Å². The van der Waals surface area contributed by atoms with Crippen molar-refractivity contribution in [2.75, 3.05) is 0 Å². The lowest BCUT2D eigenvalue weighted by Crippen LogP contribution is -2.18. The summed E-state index contributed by atoms with van der Waals surface area (Å²) in [4.78, 5) is 0. The molecule has 0 aromatic heterocycles. The maximum atomic E-state index is 3.23. The molecule has 2 rings (SSSR count). The first-order valence-corrected chi connectivity index (χ1v) is 4.40. The SMILES string of the molecule is Cc1ccccc1C1=CC=C[B]N1. The van der Waals surface area contributed by atoms with Gasteiger partial charge < -0.3 is 5.23 Å². The van der Waals surface area contributed by atoms with Crippen molar-refractivity contribution in [1.29, 1.82) is 0 Å². The Labute approximate surface area is 79.4 Å². The average Bonchev–Trinajstić information content (AvgIpc) is 2.20. The molecule has 0 spiro atoms. The largest absolute Gasteiger partial charge is 0.428 e. The van der Waals surface area contributed by atoms with Gasteiger partial charge >= 0.3 is 0 Å². The molecule has 0 amide bonds. The molecule has 1 aliphatic rings. The Morgan fingerprint density at radius 1 is 1.23 bits per heavy atom. The van der Waals surface area contributed by atoms with Crippen molar-refractivity contribution in [3.8, 4) is 0 Å². The lowest BCUT2D eigenvalue weighted by molar-refractivity contribution is 1.31. The highest BCUT2D eigenvalue weighted by Crippen LogP contribution is 2.16. The molecule has 1 aromatic carbocycles. The van der Waals surface area contributed by atoms with Crippen LogP contribution in [0.25, 0.3) is 5.70 Å². The molecule has 13 heavy (non-hydrogen) atoms. The summed E-state index contributed by atoms with van der Waals surface area (Å²) in [5.74, 6) is 1.99. The first-order valence-electron chi connectivity index (χ1n) is 4.40. The predicted molar refractivity (Wildman–Crippen MR) is 57.2 cm³/mol. The molecule has 0 fully saturated rings. The molecule has 0 saturated heterocycles. The molecule has 1 nitrogen and oxygen atoms in total. The van der Waals surface area contributed by atoms with E-state index in [1.54, 1.807) is 0 Å². The fourth-order valence-corrected chi connectivity index (χ4v) is 1.44. The van der Waals surface area contributed by atoms with Crippen molar-refractivity contribution in [2.45, 2.75) is 6.92 Å². The van der Waals surface area contributed by atoms with Crippen molar-refractivity contribution in [3.05, 3.63) is 53.5 Å². The zero-order valence-electron chi connectivity index (χ0n) is 7.62. The summed E-state index contributed by atoms with van der Waals surface area (Å²) >= 11 is 0. The van der Waals surface area contributed by atoms with Gasteiger partial charge in [-0.3, -0.25) is 0 Å². The van der Waals surface area contributed by atoms with Gasteiger partial charge in [0, 0.05) is 5.70 Å². The third-order valence-corrected chi connectivity index (χ3v) is 2.14. The fourth-order valence-electron chi connectivity index (χ4n) is 1.44. The van der Waals surface area contributed by atoms with E-state index in [-0.39, 0.29) is 0 Å². The normalized spacial score (nSPS) is 14.4. The summed E-state index contributed by atoms with van der Waals surface area (Å²) in [6.45, 7) is 2.12. The van der Waals surface area contributed by atoms with E-state index in [2.05, 4.69) is 42.5 Å². The van der Waals surface area contributed by atoms with Gasteiger partial charge in [0.05, 0.1) is 0 Å². The Kier molecular flexibility index (Phi) is 2.22. The number of aryl methyl sites for hydroxylation is 1. The molecule has 0 aliphatic carbocycles. The van der Waals surface area contributed by atoms with Crippen molar-refractivity contribution in [2.24, 2.45) is 0 Å². The minimum atomic E-state index is 1.17. The number of hydrogen-bond donors (Lipinski definition) is 1. The Balaban J connectivity index is 2.40. The van der Waals surface area contributed by atoms with Crippen LogP contribution >= 0.6 is 0 Å². The van der Waals surface area contributed by atoms with Crippen LogP contribution in [0.3, 0.4) is 0 Å². The maximum absolute atomic E-state index is 3.23. The number of hydrogen-bond acceptors (Lipinski definition) is 1. The third-order valence-electron chi connectivity index (χ3n) is 2.14. The van der Waals surface area contributed by atoms with Crippen molar-refractivity contribution >= 4 is 13.1 Å². The van der Waals surface area contributed by atoms with Crippen LogP contribution in [-0.4, -0.2) is 7.41 Å². The lowest BCUT2D eigenvalue weighted by atomic mass is 9.88. The average molecular weight is 168 g/mol. The van der Waals surface area contributed by atoms with Gasteiger partial charge in [0.1, 0.15) is 0 Å². The Bertz CT molecular complexity index is 366. The number of benzene rings is 1. The molecule has 1 N–H and O–H groups in total. The van der Waals surface area contributed by atoms with Crippen LogP contribution in [0.1, 0.15) is 11.1 Å². The van der Waals surface area contributed by atoms with Gasteiger partial charge in [0.25, 0.3) is 7.41 Å². The van der Waals surface area contributed by atoms with Gasteiger partial charge in [-0.1, -0.05) is 36.3 Å². The third kappa shape index (κ3) is 1.67. The van der Waals surface area contributed by atoms with E-state index >= 15 is 0 Å². The lowest BCUT2D eigenvalue weighted by Gasteiger charge is -2.13. The van der Waals surface area contributed by atoms with E-state index in [0.29, 0.717) is 0 Å². The van der Waals surface area contributed by atoms with Gasteiger partial charge in [-0.2, -0.15) is 0 Å². The summed E-state index contributed by atoms with van der Waals surface area (Å²) in [6.07, 6.45) is 4.13. The Morgan fingerprint density at radius 2 is 2.08 bits per heavy atom. The topological polar surface area (TPSA) is 12.0 Å². The summed E-state index contributed by atoms with van der Waals surface area (Å²) in [5, 5.41) is 3.23. The summed E-state index contributed by atoms with van der Waals surface area (Å²) < 4.78 is 0. The van der Waals surface area contributed by atoms with E-state index in [1.165, 1.54) is 16.8 Å². The first kappa shape index (κ1) is 8.18. The van der Waals surface area contributed by atoms with Gasteiger partial charge in [-0.15, -0.1) is 0 Å². The van der Waals surface area contributed by atoms with Crippen LogP contribution in [0.5, 0.6) is 0 Å². The second-order valence-corrected chi connectivity index (χ2v) is 3.09. The monoisotopic (exact) mass is 168 g/mol. The Hall–Kier alpha value is -1.44. The van der Waals surface area contributed by atoms with Crippen LogP contribution < -0.4 is 5.23 Å². The predicted octanol–water partition coefficient (Wildman–Crippen LogP) is 2.07. The van der Waals surface area contributed by atoms with Gasteiger partial charge in [-0.25, -0.2) is 0 Å².